The van der Waals surface area contributed by atoms with E-state index < -0.39 is 0 Å². The molecule has 25 heavy (non-hydrogen) atoms. The molecule has 0 saturated carbocycles. The zero-order valence-electron chi connectivity index (χ0n) is 15.0. The average molecular weight is 369 g/mol. The Kier molecular flexibility index (Phi) is 9.53. The van der Waals surface area contributed by atoms with Gasteiger partial charge in [-0.2, -0.15) is 0 Å². The summed E-state index contributed by atoms with van der Waals surface area (Å²) in [6.45, 7) is 4.29. The molecule has 1 aromatic carbocycles. The van der Waals surface area contributed by atoms with Crippen molar-refractivity contribution >= 4 is 30.0 Å². The van der Waals surface area contributed by atoms with Crippen LogP contribution in [-0.2, 0) is 20.7 Å². The van der Waals surface area contributed by atoms with Crippen molar-refractivity contribution in [3.8, 4) is 0 Å². The van der Waals surface area contributed by atoms with E-state index in [9.17, 15) is 9.59 Å². The maximum Gasteiger partial charge on any atom is 0.305 e. The van der Waals surface area contributed by atoms with E-state index >= 15 is 0 Å². The minimum absolute atomic E-state index is 0. The van der Waals surface area contributed by atoms with Crippen molar-refractivity contribution in [3.63, 3.8) is 0 Å². The Morgan fingerprint density at radius 3 is 2.48 bits per heavy atom. The second-order valence-electron chi connectivity index (χ2n) is 6.59. The largest absolute Gasteiger partial charge is 0.469 e. The lowest BCUT2D eigenvalue weighted by atomic mass is 9.84. The minimum atomic E-state index is -0.209. The highest BCUT2D eigenvalue weighted by atomic mass is 35.5. The summed E-state index contributed by atoms with van der Waals surface area (Å²) in [6, 6.07) is 7.66. The molecule has 2 N–H and O–H groups in total. The highest BCUT2D eigenvalue weighted by molar-refractivity contribution is 5.90. The normalized spacial score (nSPS) is 15.8. The van der Waals surface area contributed by atoms with Gasteiger partial charge in [-0.05, 0) is 61.9 Å². The van der Waals surface area contributed by atoms with Crippen LogP contribution in [0.3, 0.4) is 0 Å². The number of hydrogen-bond donors (Lipinski definition) is 2. The summed E-state index contributed by atoms with van der Waals surface area (Å²) in [7, 11) is 1.39. The Hall–Kier alpha value is -1.59. The first-order chi connectivity index (χ1) is 11.6. The van der Waals surface area contributed by atoms with Crippen molar-refractivity contribution in [3.05, 3.63) is 29.8 Å². The number of carbonyl (C=O) groups excluding carboxylic acids is 2. The summed E-state index contributed by atoms with van der Waals surface area (Å²) in [5.74, 6) is 0.909. The van der Waals surface area contributed by atoms with Gasteiger partial charge in [0.1, 0.15) is 0 Å². The van der Waals surface area contributed by atoms with Gasteiger partial charge in [-0.3, -0.25) is 9.59 Å². The number of rotatable bonds is 7. The van der Waals surface area contributed by atoms with Crippen LogP contribution in [0.1, 0.15) is 38.2 Å². The fourth-order valence-corrected chi connectivity index (χ4v) is 3.19. The van der Waals surface area contributed by atoms with E-state index in [1.807, 2.05) is 24.3 Å². The number of halogens is 1. The zero-order valence-corrected chi connectivity index (χ0v) is 15.9. The molecule has 6 heteroatoms. The number of anilines is 1. The van der Waals surface area contributed by atoms with Crippen molar-refractivity contribution in [1.29, 1.82) is 0 Å². The van der Waals surface area contributed by atoms with Crippen molar-refractivity contribution < 1.29 is 14.3 Å². The van der Waals surface area contributed by atoms with E-state index in [0.717, 1.165) is 37.2 Å². The summed E-state index contributed by atoms with van der Waals surface area (Å²) in [6.07, 6.45) is 3.89. The topological polar surface area (TPSA) is 67.4 Å². The lowest BCUT2D eigenvalue weighted by Crippen LogP contribution is -2.32. The molecule has 5 nitrogen and oxygen atoms in total. The fourth-order valence-electron chi connectivity index (χ4n) is 3.19. The van der Waals surface area contributed by atoms with E-state index in [4.69, 9.17) is 0 Å². The molecule has 2 rings (SSSR count). The molecule has 1 heterocycles. The molecule has 1 saturated heterocycles. The maximum atomic E-state index is 12.2. The van der Waals surface area contributed by atoms with E-state index in [1.165, 1.54) is 7.11 Å². The quantitative estimate of drug-likeness (QED) is 0.725. The van der Waals surface area contributed by atoms with Crippen LogP contribution in [0.15, 0.2) is 24.3 Å². The van der Waals surface area contributed by atoms with Gasteiger partial charge in [-0.1, -0.05) is 19.1 Å². The summed E-state index contributed by atoms with van der Waals surface area (Å²) < 4.78 is 4.64. The third-order valence-electron chi connectivity index (χ3n) is 4.78. The number of aryl methyl sites for hydroxylation is 1. The van der Waals surface area contributed by atoms with Crippen molar-refractivity contribution in [2.45, 2.75) is 39.0 Å². The van der Waals surface area contributed by atoms with Gasteiger partial charge in [-0.25, -0.2) is 0 Å². The van der Waals surface area contributed by atoms with E-state index in [0.29, 0.717) is 31.1 Å². The molecule has 1 unspecified atom stereocenters. The number of amides is 1. The first-order valence-corrected chi connectivity index (χ1v) is 8.75. The van der Waals surface area contributed by atoms with Gasteiger partial charge in [0.05, 0.1) is 7.11 Å². The van der Waals surface area contributed by atoms with Crippen LogP contribution in [0.25, 0.3) is 0 Å². The molecule has 140 valence electrons. The lowest BCUT2D eigenvalue weighted by molar-refractivity contribution is -0.140. The van der Waals surface area contributed by atoms with Crippen molar-refractivity contribution in [1.82, 2.24) is 5.32 Å². The highest BCUT2D eigenvalue weighted by Crippen LogP contribution is 2.24. The van der Waals surface area contributed by atoms with Crippen LogP contribution in [0, 0.1) is 11.8 Å². The van der Waals surface area contributed by atoms with Crippen LogP contribution >= 0.6 is 12.4 Å². The summed E-state index contributed by atoms with van der Waals surface area (Å²) in [5.41, 5.74) is 1.86. The van der Waals surface area contributed by atoms with Gasteiger partial charge < -0.3 is 15.4 Å². The molecule has 0 radical (unpaired) electrons. The Bertz CT molecular complexity index is 542. The molecule has 1 aromatic rings. The SMILES string of the molecule is COC(=O)CCc1ccc(NC(=O)CC(C)C2CCNCC2)cc1.Cl. The van der Waals surface area contributed by atoms with Crippen molar-refractivity contribution in [2.24, 2.45) is 11.8 Å². The number of hydrogen-bond acceptors (Lipinski definition) is 4. The first kappa shape index (κ1) is 21.5. The van der Waals surface area contributed by atoms with E-state index in [-0.39, 0.29) is 24.3 Å². The Balaban J connectivity index is 0.00000312. The second-order valence-corrected chi connectivity index (χ2v) is 6.59. The number of ether oxygens (including phenoxy) is 1. The summed E-state index contributed by atoms with van der Waals surface area (Å²) in [4.78, 5) is 23.4. The van der Waals surface area contributed by atoms with Crippen LogP contribution in [0.2, 0.25) is 0 Å². The number of esters is 1. The number of nitrogens with one attached hydrogen (secondary N) is 2. The fraction of sp³-hybridized carbons (Fsp3) is 0.579. The summed E-state index contributed by atoms with van der Waals surface area (Å²) >= 11 is 0. The van der Waals surface area contributed by atoms with Gasteiger partial charge in [0, 0.05) is 18.5 Å². The molecule has 0 aromatic heterocycles. The number of benzene rings is 1. The van der Waals surface area contributed by atoms with Crippen LogP contribution in [0.4, 0.5) is 5.69 Å². The monoisotopic (exact) mass is 368 g/mol. The van der Waals surface area contributed by atoms with Crippen molar-refractivity contribution in [2.75, 3.05) is 25.5 Å². The Morgan fingerprint density at radius 1 is 1.24 bits per heavy atom. The maximum absolute atomic E-state index is 12.2. The molecule has 0 aliphatic carbocycles. The minimum Gasteiger partial charge on any atom is -0.469 e. The molecule has 1 atom stereocenters. The van der Waals surface area contributed by atoms with Gasteiger partial charge in [0.2, 0.25) is 5.91 Å². The Morgan fingerprint density at radius 2 is 1.88 bits per heavy atom. The van der Waals surface area contributed by atoms with Gasteiger partial charge >= 0.3 is 5.97 Å². The standard InChI is InChI=1S/C19H28N2O3.ClH/c1-14(16-9-11-20-12-10-16)13-18(22)21-17-6-3-15(4-7-17)5-8-19(23)24-2;/h3-4,6-7,14,16,20H,5,8-13H2,1-2H3,(H,21,22);1H. The number of methoxy groups -OCH3 is 1. The third-order valence-corrected chi connectivity index (χ3v) is 4.78. The lowest BCUT2D eigenvalue weighted by Gasteiger charge is -2.27. The molecule has 1 fully saturated rings. The molecule has 1 amide bonds. The van der Waals surface area contributed by atoms with Crippen LogP contribution in [-0.4, -0.2) is 32.1 Å². The first-order valence-electron chi connectivity index (χ1n) is 8.75. The van der Waals surface area contributed by atoms with Gasteiger partial charge in [0.15, 0.2) is 0 Å². The zero-order chi connectivity index (χ0) is 17.4. The van der Waals surface area contributed by atoms with Crippen LogP contribution < -0.4 is 10.6 Å². The summed E-state index contributed by atoms with van der Waals surface area (Å²) in [5, 5.41) is 6.33. The van der Waals surface area contributed by atoms with E-state index in [2.05, 4.69) is 22.3 Å². The smallest absolute Gasteiger partial charge is 0.305 e. The predicted octanol–water partition coefficient (Wildman–Crippen LogP) is 3.18. The van der Waals surface area contributed by atoms with E-state index in [1.54, 1.807) is 0 Å². The number of carbonyl (C=O) groups is 2. The number of piperidine rings is 1. The molecule has 1 aliphatic rings. The van der Waals surface area contributed by atoms with Gasteiger partial charge in [0.25, 0.3) is 0 Å². The van der Waals surface area contributed by atoms with Crippen LogP contribution in [0.5, 0.6) is 0 Å². The predicted molar refractivity (Wildman–Crippen MR) is 102 cm³/mol. The molecule has 1 aliphatic heterocycles. The Labute approximate surface area is 156 Å². The third kappa shape index (κ3) is 7.45. The molecular formula is C19H29ClN2O3. The molecule has 0 spiro atoms. The highest BCUT2D eigenvalue weighted by Gasteiger charge is 2.21. The van der Waals surface area contributed by atoms with Gasteiger partial charge in [-0.15, -0.1) is 12.4 Å². The second kappa shape index (κ2) is 11.1. The molecular weight excluding hydrogens is 340 g/mol. The average Bonchev–Trinajstić information content (AvgIpc) is 2.61. The molecule has 0 bridgehead atoms.